The lowest BCUT2D eigenvalue weighted by Crippen LogP contribution is -2.28. The maximum absolute atomic E-state index is 10.6. The van der Waals surface area contributed by atoms with Crippen molar-refractivity contribution in [2.75, 3.05) is 6.54 Å². The van der Waals surface area contributed by atoms with Crippen molar-refractivity contribution < 1.29 is 9.90 Å². The summed E-state index contributed by atoms with van der Waals surface area (Å²) in [5.41, 5.74) is 2.54. The highest BCUT2D eigenvalue weighted by Crippen LogP contribution is 2.28. The first-order valence-electron chi connectivity index (χ1n) is 6.16. The Morgan fingerprint density at radius 3 is 2.82 bits per heavy atom. The fourth-order valence-corrected chi connectivity index (χ4v) is 2.11. The Morgan fingerprint density at radius 2 is 2.24 bits per heavy atom. The average Bonchev–Trinajstić information content (AvgIpc) is 3.07. The molecule has 2 rings (SSSR count). The van der Waals surface area contributed by atoms with Gasteiger partial charge in [0.2, 0.25) is 0 Å². The zero-order valence-corrected chi connectivity index (χ0v) is 10.2. The zero-order valence-electron chi connectivity index (χ0n) is 10.2. The maximum Gasteiger partial charge on any atom is 0.304 e. The molecule has 0 atom stereocenters. The van der Waals surface area contributed by atoms with E-state index >= 15 is 0 Å². The van der Waals surface area contributed by atoms with Crippen molar-refractivity contribution in [2.45, 2.75) is 38.8 Å². The van der Waals surface area contributed by atoms with Crippen LogP contribution in [-0.2, 0) is 11.3 Å². The van der Waals surface area contributed by atoms with Crippen LogP contribution < -0.4 is 0 Å². The molecule has 1 aromatic carbocycles. The normalized spacial score (nSPS) is 15.2. The zero-order chi connectivity index (χ0) is 12.3. The fraction of sp³-hybridized carbons (Fsp3) is 0.500. The Bertz CT molecular complexity index is 399. The molecule has 0 unspecified atom stereocenters. The predicted molar refractivity (Wildman–Crippen MR) is 66.9 cm³/mol. The minimum atomic E-state index is -0.708. The molecule has 0 radical (unpaired) electrons. The van der Waals surface area contributed by atoms with Crippen molar-refractivity contribution in [3.05, 3.63) is 35.4 Å². The van der Waals surface area contributed by atoms with E-state index in [2.05, 4.69) is 36.1 Å². The number of aryl methyl sites for hydroxylation is 1. The molecule has 0 saturated heterocycles. The number of aliphatic carboxylic acids is 1. The SMILES string of the molecule is Cc1cccc(CN(CCC(=O)O)C2CC2)c1. The first kappa shape index (κ1) is 12.1. The van der Waals surface area contributed by atoms with E-state index in [1.165, 1.54) is 24.0 Å². The lowest BCUT2D eigenvalue weighted by Gasteiger charge is -2.21. The summed E-state index contributed by atoms with van der Waals surface area (Å²) >= 11 is 0. The van der Waals surface area contributed by atoms with Gasteiger partial charge in [-0.1, -0.05) is 29.8 Å². The van der Waals surface area contributed by atoms with Crippen LogP contribution in [0, 0.1) is 6.92 Å². The van der Waals surface area contributed by atoms with Crippen LogP contribution in [0.4, 0.5) is 0 Å². The minimum absolute atomic E-state index is 0.238. The molecule has 1 N–H and O–H groups in total. The molecular formula is C14H19NO2. The molecule has 17 heavy (non-hydrogen) atoms. The summed E-state index contributed by atoms with van der Waals surface area (Å²) in [4.78, 5) is 12.9. The Balaban J connectivity index is 1.95. The summed E-state index contributed by atoms with van der Waals surface area (Å²) < 4.78 is 0. The second kappa shape index (κ2) is 5.32. The maximum atomic E-state index is 10.6. The van der Waals surface area contributed by atoms with Crippen molar-refractivity contribution in [1.29, 1.82) is 0 Å². The van der Waals surface area contributed by atoms with Gasteiger partial charge in [0.25, 0.3) is 0 Å². The molecule has 1 fully saturated rings. The number of nitrogens with zero attached hydrogens (tertiary/aromatic N) is 1. The van der Waals surface area contributed by atoms with Gasteiger partial charge in [-0.2, -0.15) is 0 Å². The molecule has 1 aliphatic rings. The summed E-state index contributed by atoms with van der Waals surface area (Å²) in [6.07, 6.45) is 2.67. The van der Waals surface area contributed by atoms with Gasteiger partial charge in [-0.3, -0.25) is 9.69 Å². The summed E-state index contributed by atoms with van der Waals surface area (Å²) in [6, 6.07) is 9.05. The van der Waals surface area contributed by atoms with E-state index in [0.29, 0.717) is 12.6 Å². The molecule has 0 aliphatic heterocycles. The second-order valence-corrected chi connectivity index (χ2v) is 4.83. The van der Waals surface area contributed by atoms with Crippen LogP contribution in [0.1, 0.15) is 30.4 Å². The van der Waals surface area contributed by atoms with Crippen LogP contribution in [0.25, 0.3) is 0 Å². The molecule has 0 amide bonds. The fourth-order valence-electron chi connectivity index (χ4n) is 2.11. The topological polar surface area (TPSA) is 40.5 Å². The van der Waals surface area contributed by atoms with Gasteiger partial charge in [0, 0.05) is 19.1 Å². The van der Waals surface area contributed by atoms with E-state index in [9.17, 15) is 4.79 Å². The highest BCUT2D eigenvalue weighted by molar-refractivity contribution is 5.66. The number of carboxylic acid groups (broad SMARTS) is 1. The monoisotopic (exact) mass is 233 g/mol. The van der Waals surface area contributed by atoms with Gasteiger partial charge in [-0.25, -0.2) is 0 Å². The van der Waals surface area contributed by atoms with Crippen LogP contribution in [0.5, 0.6) is 0 Å². The standard InChI is InChI=1S/C14H19NO2/c1-11-3-2-4-12(9-11)10-15(13-5-6-13)8-7-14(16)17/h2-4,9,13H,5-8,10H2,1H3,(H,16,17). The van der Waals surface area contributed by atoms with Gasteiger partial charge in [-0.05, 0) is 25.3 Å². The van der Waals surface area contributed by atoms with Crippen molar-refractivity contribution in [3.8, 4) is 0 Å². The third-order valence-electron chi connectivity index (χ3n) is 3.14. The van der Waals surface area contributed by atoms with Crippen molar-refractivity contribution in [3.63, 3.8) is 0 Å². The van der Waals surface area contributed by atoms with E-state index in [-0.39, 0.29) is 6.42 Å². The van der Waals surface area contributed by atoms with E-state index < -0.39 is 5.97 Å². The Morgan fingerprint density at radius 1 is 1.47 bits per heavy atom. The summed E-state index contributed by atoms with van der Waals surface area (Å²) in [5, 5.41) is 8.75. The Kier molecular flexibility index (Phi) is 3.79. The van der Waals surface area contributed by atoms with Crippen molar-refractivity contribution in [2.24, 2.45) is 0 Å². The Hall–Kier alpha value is -1.35. The smallest absolute Gasteiger partial charge is 0.304 e. The molecule has 92 valence electrons. The van der Waals surface area contributed by atoms with Crippen molar-refractivity contribution in [1.82, 2.24) is 4.90 Å². The lowest BCUT2D eigenvalue weighted by atomic mass is 10.1. The molecule has 0 heterocycles. The number of hydrogen-bond donors (Lipinski definition) is 1. The molecular weight excluding hydrogens is 214 g/mol. The van der Waals surface area contributed by atoms with Crippen molar-refractivity contribution >= 4 is 5.97 Å². The van der Waals surface area contributed by atoms with E-state index in [4.69, 9.17) is 5.11 Å². The molecule has 1 aliphatic carbocycles. The number of rotatable bonds is 6. The molecule has 3 nitrogen and oxygen atoms in total. The quantitative estimate of drug-likeness (QED) is 0.820. The first-order chi connectivity index (χ1) is 8.15. The third kappa shape index (κ3) is 3.86. The largest absolute Gasteiger partial charge is 0.481 e. The molecule has 3 heteroatoms. The molecule has 1 aromatic rings. The summed E-state index contributed by atoms with van der Waals surface area (Å²) in [7, 11) is 0. The number of benzene rings is 1. The van der Waals surface area contributed by atoms with E-state index in [1.807, 2.05) is 0 Å². The van der Waals surface area contributed by atoms with Gasteiger partial charge >= 0.3 is 5.97 Å². The van der Waals surface area contributed by atoms with Crippen LogP contribution in [0.2, 0.25) is 0 Å². The van der Waals surface area contributed by atoms with Crippen LogP contribution in [0.3, 0.4) is 0 Å². The van der Waals surface area contributed by atoms with Crippen LogP contribution >= 0.6 is 0 Å². The number of hydrogen-bond acceptors (Lipinski definition) is 2. The summed E-state index contributed by atoms with van der Waals surface area (Å²) in [5.74, 6) is -0.708. The van der Waals surface area contributed by atoms with Gasteiger partial charge in [0.15, 0.2) is 0 Å². The number of carbonyl (C=O) groups is 1. The summed E-state index contributed by atoms with van der Waals surface area (Å²) in [6.45, 7) is 3.62. The lowest BCUT2D eigenvalue weighted by molar-refractivity contribution is -0.137. The predicted octanol–water partition coefficient (Wildman–Crippen LogP) is 2.43. The Labute approximate surface area is 102 Å². The third-order valence-corrected chi connectivity index (χ3v) is 3.14. The molecule has 0 bridgehead atoms. The van der Waals surface area contributed by atoms with Gasteiger partial charge in [-0.15, -0.1) is 0 Å². The minimum Gasteiger partial charge on any atom is -0.481 e. The van der Waals surface area contributed by atoms with E-state index in [1.54, 1.807) is 0 Å². The first-order valence-corrected chi connectivity index (χ1v) is 6.16. The average molecular weight is 233 g/mol. The molecule has 1 saturated carbocycles. The highest BCUT2D eigenvalue weighted by Gasteiger charge is 2.28. The molecule has 0 spiro atoms. The number of carboxylic acids is 1. The van der Waals surface area contributed by atoms with Gasteiger partial charge < -0.3 is 5.11 Å². The molecule has 0 aromatic heterocycles. The highest BCUT2D eigenvalue weighted by atomic mass is 16.4. The van der Waals surface area contributed by atoms with Gasteiger partial charge in [0.1, 0.15) is 0 Å². The van der Waals surface area contributed by atoms with Crippen LogP contribution in [-0.4, -0.2) is 28.6 Å². The van der Waals surface area contributed by atoms with E-state index in [0.717, 1.165) is 6.54 Å². The second-order valence-electron chi connectivity index (χ2n) is 4.83. The van der Waals surface area contributed by atoms with Gasteiger partial charge in [0.05, 0.1) is 6.42 Å². The van der Waals surface area contributed by atoms with Crippen LogP contribution in [0.15, 0.2) is 24.3 Å².